The van der Waals surface area contributed by atoms with Crippen molar-refractivity contribution < 1.29 is 9.18 Å². The van der Waals surface area contributed by atoms with Crippen LogP contribution in [0.15, 0.2) is 18.2 Å². The minimum atomic E-state index is -0.373. The Hall–Kier alpha value is -1.58. The lowest BCUT2D eigenvalue weighted by Gasteiger charge is -2.30. The molecule has 1 aromatic carbocycles. The third-order valence-corrected chi connectivity index (χ3v) is 2.42. The zero-order valence-corrected chi connectivity index (χ0v) is 8.59. The molecule has 0 saturated heterocycles. The molecule has 0 saturated carbocycles. The molecule has 0 unspecified atom stereocenters. The van der Waals surface area contributed by atoms with Gasteiger partial charge >= 0.3 is 0 Å². The number of halogens is 1. The summed E-state index contributed by atoms with van der Waals surface area (Å²) in [4.78, 5) is 13.2. The molecule has 0 fully saturated rings. The first-order chi connectivity index (χ1) is 7.22. The van der Waals surface area contributed by atoms with Gasteiger partial charge in [0.1, 0.15) is 11.5 Å². The third-order valence-electron chi connectivity index (χ3n) is 2.42. The highest BCUT2D eigenvalue weighted by Gasteiger charge is 2.23. The van der Waals surface area contributed by atoms with Crippen LogP contribution in [0.3, 0.4) is 0 Å². The minimum Gasteiger partial charge on any atom is -0.360 e. The summed E-state index contributed by atoms with van der Waals surface area (Å²) < 4.78 is 13.4. The number of fused-ring (bicyclic) bond motifs is 1. The quantitative estimate of drug-likeness (QED) is 0.806. The average molecular weight is 208 g/mol. The second kappa shape index (κ2) is 3.88. The van der Waals surface area contributed by atoms with Crippen LogP contribution in [0.4, 0.5) is 15.8 Å². The van der Waals surface area contributed by atoms with Gasteiger partial charge in [-0.25, -0.2) is 4.39 Å². The predicted molar refractivity (Wildman–Crippen MR) is 57.5 cm³/mol. The van der Waals surface area contributed by atoms with Gasteiger partial charge in [0.05, 0.1) is 12.2 Å². The summed E-state index contributed by atoms with van der Waals surface area (Å²) in [6.07, 6.45) is 0.934. The van der Waals surface area contributed by atoms with Crippen molar-refractivity contribution in [2.75, 3.05) is 23.3 Å². The number of carbonyl (C=O) groups excluding carboxylic acids is 1. The fourth-order valence-electron chi connectivity index (χ4n) is 1.81. The number of rotatable bonds is 2. The molecule has 1 aliphatic rings. The molecular formula is C11H13FN2O. The van der Waals surface area contributed by atoms with Gasteiger partial charge in [0.15, 0.2) is 0 Å². The Balaban J connectivity index is 2.41. The first kappa shape index (κ1) is 9.96. The summed E-state index contributed by atoms with van der Waals surface area (Å²) in [5.74, 6) is -0.525. The van der Waals surface area contributed by atoms with Gasteiger partial charge in [0.25, 0.3) is 0 Å². The first-order valence-corrected chi connectivity index (χ1v) is 5.05. The maximum Gasteiger partial charge on any atom is 0.244 e. The van der Waals surface area contributed by atoms with Crippen LogP contribution in [0.25, 0.3) is 0 Å². The van der Waals surface area contributed by atoms with E-state index < -0.39 is 0 Å². The van der Waals surface area contributed by atoms with Gasteiger partial charge in [-0.05, 0) is 18.6 Å². The van der Waals surface area contributed by atoms with Crippen LogP contribution >= 0.6 is 0 Å². The van der Waals surface area contributed by atoms with Gasteiger partial charge in [-0.2, -0.15) is 0 Å². The monoisotopic (exact) mass is 208 g/mol. The molecule has 1 heterocycles. The van der Waals surface area contributed by atoms with E-state index in [0.717, 1.165) is 18.7 Å². The number of hydrogen-bond acceptors (Lipinski definition) is 2. The van der Waals surface area contributed by atoms with Crippen molar-refractivity contribution in [2.24, 2.45) is 0 Å². The van der Waals surface area contributed by atoms with E-state index in [1.807, 2.05) is 17.9 Å². The molecule has 0 aliphatic carbocycles. The predicted octanol–water partition coefficient (Wildman–Crippen LogP) is 1.99. The fraction of sp³-hybridized carbons (Fsp3) is 0.364. The van der Waals surface area contributed by atoms with Crippen LogP contribution in [-0.4, -0.2) is 19.0 Å². The van der Waals surface area contributed by atoms with Gasteiger partial charge in [-0.15, -0.1) is 0 Å². The van der Waals surface area contributed by atoms with E-state index >= 15 is 0 Å². The highest BCUT2D eigenvalue weighted by molar-refractivity contribution is 6.01. The van der Waals surface area contributed by atoms with E-state index in [1.54, 1.807) is 6.07 Å². The normalized spacial score (nSPS) is 14.8. The SMILES string of the molecule is CCCN1CC(=O)Nc2c(F)cccc21. The van der Waals surface area contributed by atoms with Gasteiger partial charge in [0.2, 0.25) is 5.91 Å². The summed E-state index contributed by atoms with van der Waals surface area (Å²) in [7, 11) is 0. The summed E-state index contributed by atoms with van der Waals surface area (Å²) in [6, 6.07) is 4.84. The first-order valence-electron chi connectivity index (χ1n) is 5.05. The fourth-order valence-corrected chi connectivity index (χ4v) is 1.81. The molecule has 1 aromatic rings. The van der Waals surface area contributed by atoms with Crippen LogP contribution in [0.2, 0.25) is 0 Å². The molecule has 1 amide bonds. The number of nitrogens with zero attached hydrogens (tertiary/aromatic N) is 1. The molecule has 1 N–H and O–H groups in total. The van der Waals surface area contributed by atoms with Crippen molar-refractivity contribution in [3.05, 3.63) is 24.0 Å². The number of para-hydroxylation sites is 1. The van der Waals surface area contributed by atoms with Crippen molar-refractivity contribution in [3.8, 4) is 0 Å². The summed E-state index contributed by atoms with van der Waals surface area (Å²) >= 11 is 0. The van der Waals surface area contributed by atoms with Crippen molar-refractivity contribution >= 4 is 17.3 Å². The molecule has 4 heteroatoms. The summed E-state index contributed by atoms with van der Waals surface area (Å²) in [6.45, 7) is 3.11. The van der Waals surface area contributed by atoms with Crippen molar-refractivity contribution in [2.45, 2.75) is 13.3 Å². The molecular weight excluding hydrogens is 195 g/mol. The zero-order valence-electron chi connectivity index (χ0n) is 8.59. The second-order valence-electron chi connectivity index (χ2n) is 3.60. The molecule has 3 nitrogen and oxygen atoms in total. The standard InChI is InChI=1S/C11H13FN2O/c1-2-6-14-7-10(15)13-11-8(12)4-3-5-9(11)14/h3-5H,2,6-7H2,1H3,(H,13,15). The molecule has 0 spiro atoms. The smallest absolute Gasteiger partial charge is 0.244 e. The van der Waals surface area contributed by atoms with Crippen LogP contribution in [0.1, 0.15) is 13.3 Å². The van der Waals surface area contributed by atoms with Gasteiger partial charge in [-0.1, -0.05) is 13.0 Å². The highest BCUT2D eigenvalue weighted by Crippen LogP contribution is 2.31. The highest BCUT2D eigenvalue weighted by atomic mass is 19.1. The number of hydrogen-bond donors (Lipinski definition) is 1. The van der Waals surface area contributed by atoms with E-state index in [1.165, 1.54) is 6.07 Å². The number of amides is 1. The number of benzene rings is 1. The van der Waals surface area contributed by atoms with E-state index in [0.29, 0.717) is 12.2 Å². The van der Waals surface area contributed by atoms with Crippen molar-refractivity contribution in [3.63, 3.8) is 0 Å². The van der Waals surface area contributed by atoms with E-state index in [9.17, 15) is 9.18 Å². The van der Waals surface area contributed by atoms with Crippen LogP contribution in [0.5, 0.6) is 0 Å². The lowest BCUT2D eigenvalue weighted by atomic mass is 10.2. The van der Waals surface area contributed by atoms with E-state index in [-0.39, 0.29) is 11.7 Å². The lowest BCUT2D eigenvalue weighted by molar-refractivity contribution is -0.115. The summed E-state index contributed by atoms with van der Waals surface area (Å²) in [5, 5.41) is 2.56. The van der Waals surface area contributed by atoms with Crippen LogP contribution in [0, 0.1) is 5.82 Å². The van der Waals surface area contributed by atoms with Crippen LogP contribution in [-0.2, 0) is 4.79 Å². The van der Waals surface area contributed by atoms with Crippen LogP contribution < -0.4 is 10.2 Å². The van der Waals surface area contributed by atoms with Gasteiger partial charge < -0.3 is 10.2 Å². The average Bonchev–Trinajstić information content (AvgIpc) is 2.20. The maximum absolute atomic E-state index is 13.4. The summed E-state index contributed by atoms with van der Waals surface area (Å²) in [5.41, 5.74) is 1.08. The zero-order chi connectivity index (χ0) is 10.8. The topological polar surface area (TPSA) is 32.3 Å². The molecule has 0 atom stereocenters. The van der Waals surface area contributed by atoms with Crippen molar-refractivity contribution in [1.29, 1.82) is 0 Å². The molecule has 0 radical (unpaired) electrons. The molecule has 2 rings (SSSR count). The Morgan fingerprint density at radius 3 is 3.07 bits per heavy atom. The maximum atomic E-state index is 13.4. The molecule has 80 valence electrons. The molecule has 15 heavy (non-hydrogen) atoms. The Kier molecular flexibility index (Phi) is 2.58. The Bertz CT molecular complexity index is 392. The number of nitrogens with one attached hydrogen (secondary N) is 1. The largest absolute Gasteiger partial charge is 0.360 e. The number of anilines is 2. The van der Waals surface area contributed by atoms with E-state index in [4.69, 9.17) is 0 Å². The third kappa shape index (κ3) is 1.79. The van der Waals surface area contributed by atoms with Gasteiger partial charge in [-0.3, -0.25) is 4.79 Å². The molecule has 0 aromatic heterocycles. The lowest BCUT2D eigenvalue weighted by Crippen LogP contribution is -2.38. The Morgan fingerprint density at radius 2 is 2.33 bits per heavy atom. The molecule has 0 bridgehead atoms. The van der Waals surface area contributed by atoms with E-state index in [2.05, 4.69) is 5.32 Å². The second-order valence-corrected chi connectivity index (χ2v) is 3.60. The molecule has 1 aliphatic heterocycles. The minimum absolute atomic E-state index is 0.152. The Morgan fingerprint density at radius 1 is 1.53 bits per heavy atom. The van der Waals surface area contributed by atoms with Gasteiger partial charge in [0, 0.05) is 6.54 Å². The number of carbonyl (C=O) groups is 1. The Labute approximate surface area is 87.9 Å². The van der Waals surface area contributed by atoms with Crippen molar-refractivity contribution in [1.82, 2.24) is 0 Å².